The monoisotopic (exact) mass is 601 g/mol. The second-order valence-corrected chi connectivity index (χ2v) is 13.4. The first-order valence-corrected chi connectivity index (χ1v) is 15.3. The van der Waals surface area contributed by atoms with Crippen molar-refractivity contribution >= 4 is 56.4 Å². The standard InChI is InChI=1S/C33H32ClN3O4S/c1-32(2,3)31(40)33(41-26-14-7-5-10-21(26)29-36-25-13-8-11-23(34)28(25)42-29)15-17-37(18-16-33)30(39)22-19-27(38)35-24-12-6-4-9-20(22)24/h4-14,22H,15-19H2,1-3H3,(H,35,38). The molecule has 0 aliphatic carbocycles. The molecule has 6 rings (SSSR count). The summed E-state index contributed by atoms with van der Waals surface area (Å²) in [7, 11) is 0. The van der Waals surface area contributed by atoms with Crippen molar-refractivity contribution in [1.82, 2.24) is 9.88 Å². The Hall–Kier alpha value is -3.75. The smallest absolute Gasteiger partial charge is 0.230 e. The van der Waals surface area contributed by atoms with Crippen LogP contribution in [0.4, 0.5) is 5.69 Å². The van der Waals surface area contributed by atoms with Crippen LogP contribution in [0.5, 0.6) is 5.75 Å². The topological polar surface area (TPSA) is 88.6 Å². The van der Waals surface area contributed by atoms with Crippen molar-refractivity contribution in [3.63, 3.8) is 0 Å². The normalized spacial score (nSPS) is 18.3. The van der Waals surface area contributed by atoms with E-state index in [4.69, 9.17) is 21.3 Å². The van der Waals surface area contributed by atoms with Gasteiger partial charge in [-0.15, -0.1) is 11.3 Å². The fourth-order valence-electron chi connectivity index (χ4n) is 5.97. The highest BCUT2D eigenvalue weighted by Crippen LogP contribution is 2.43. The first kappa shape index (κ1) is 28.4. The van der Waals surface area contributed by atoms with Gasteiger partial charge in [0, 0.05) is 43.5 Å². The molecule has 1 atom stereocenters. The zero-order chi connectivity index (χ0) is 29.6. The minimum atomic E-state index is -1.12. The number of carbonyl (C=O) groups excluding carboxylic acids is 3. The van der Waals surface area contributed by atoms with E-state index < -0.39 is 16.9 Å². The summed E-state index contributed by atoms with van der Waals surface area (Å²) in [5, 5.41) is 4.26. The van der Waals surface area contributed by atoms with Crippen LogP contribution in [0.1, 0.15) is 51.5 Å². The van der Waals surface area contributed by atoms with E-state index in [2.05, 4.69) is 5.32 Å². The Morgan fingerprint density at radius 2 is 1.74 bits per heavy atom. The summed E-state index contributed by atoms with van der Waals surface area (Å²) >= 11 is 7.93. The number of halogens is 1. The van der Waals surface area contributed by atoms with E-state index in [9.17, 15) is 14.4 Å². The number of nitrogens with one attached hydrogen (secondary N) is 1. The molecule has 7 nitrogen and oxygen atoms in total. The number of likely N-dealkylation sites (tertiary alicyclic amines) is 1. The summed E-state index contributed by atoms with van der Waals surface area (Å²) in [4.78, 5) is 46.8. The maximum absolute atomic E-state index is 14.1. The van der Waals surface area contributed by atoms with Crippen LogP contribution in [0.3, 0.4) is 0 Å². The third kappa shape index (κ3) is 5.18. The Bertz CT molecular complexity index is 1700. The van der Waals surface area contributed by atoms with Gasteiger partial charge in [0.1, 0.15) is 10.8 Å². The molecule has 0 bridgehead atoms. The lowest BCUT2D eigenvalue weighted by atomic mass is 9.75. The van der Waals surface area contributed by atoms with E-state index in [1.165, 1.54) is 11.3 Å². The van der Waals surface area contributed by atoms with Gasteiger partial charge < -0.3 is 15.0 Å². The van der Waals surface area contributed by atoms with Gasteiger partial charge in [-0.05, 0) is 35.9 Å². The minimum absolute atomic E-state index is 0.00774. The van der Waals surface area contributed by atoms with Crippen molar-refractivity contribution in [2.75, 3.05) is 18.4 Å². The van der Waals surface area contributed by atoms with Gasteiger partial charge in [0.2, 0.25) is 11.8 Å². The quantitative estimate of drug-likeness (QED) is 0.264. The Labute approximate surface area is 253 Å². The molecule has 3 heterocycles. The van der Waals surface area contributed by atoms with Crippen molar-refractivity contribution in [3.05, 3.63) is 77.3 Å². The van der Waals surface area contributed by atoms with E-state index in [-0.39, 0.29) is 24.0 Å². The Balaban J connectivity index is 1.29. The van der Waals surface area contributed by atoms with Crippen LogP contribution in [0, 0.1) is 5.41 Å². The van der Waals surface area contributed by atoms with Crippen molar-refractivity contribution in [1.29, 1.82) is 0 Å². The molecule has 1 fully saturated rings. The number of Topliss-reactive ketones (excluding diaryl/α,β-unsaturated/α-hetero) is 1. The number of fused-ring (bicyclic) bond motifs is 2. The van der Waals surface area contributed by atoms with Gasteiger partial charge in [0.25, 0.3) is 0 Å². The largest absolute Gasteiger partial charge is 0.479 e. The molecule has 1 unspecified atom stereocenters. The zero-order valence-electron chi connectivity index (χ0n) is 23.8. The van der Waals surface area contributed by atoms with Gasteiger partial charge in [-0.1, -0.05) is 68.8 Å². The van der Waals surface area contributed by atoms with E-state index in [1.54, 1.807) is 4.90 Å². The third-order valence-corrected chi connectivity index (χ3v) is 9.63. The first-order chi connectivity index (χ1) is 20.1. The van der Waals surface area contributed by atoms with E-state index in [1.807, 2.05) is 87.5 Å². The summed E-state index contributed by atoms with van der Waals surface area (Å²) in [5.41, 5.74) is 1.32. The number of hydrogen-bond donors (Lipinski definition) is 1. The van der Waals surface area contributed by atoms with E-state index in [0.717, 1.165) is 26.4 Å². The second kappa shape index (κ2) is 10.8. The minimum Gasteiger partial charge on any atom is -0.479 e. The van der Waals surface area contributed by atoms with E-state index >= 15 is 0 Å². The number of hydrogen-bond acceptors (Lipinski definition) is 6. The number of benzene rings is 3. The van der Waals surface area contributed by atoms with Gasteiger partial charge in [0.15, 0.2) is 11.4 Å². The van der Waals surface area contributed by atoms with Crippen LogP contribution in [0.15, 0.2) is 66.7 Å². The highest BCUT2D eigenvalue weighted by molar-refractivity contribution is 7.22. The number of aromatic nitrogens is 1. The van der Waals surface area contributed by atoms with Crippen LogP contribution in [0.25, 0.3) is 20.8 Å². The first-order valence-electron chi connectivity index (χ1n) is 14.1. The number of rotatable bonds is 5. The summed E-state index contributed by atoms with van der Waals surface area (Å²) in [6, 6.07) is 20.7. The molecule has 9 heteroatoms. The number of amides is 2. The van der Waals surface area contributed by atoms with Crippen LogP contribution in [-0.4, -0.2) is 46.2 Å². The lowest BCUT2D eigenvalue weighted by molar-refractivity contribution is -0.151. The predicted molar refractivity (Wildman–Crippen MR) is 166 cm³/mol. The molecule has 2 amide bonds. The van der Waals surface area contributed by atoms with Gasteiger partial charge in [0.05, 0.1) is 26.7 Å². The average molecular weight is 602 g/mol. The number of anilines is 1. The van der Waals surface area contributed by atoms with Gasteiger partial charge >= 0.3 is 0 Å². The summed E-state index contributed by atoms with van der Waals surface area (Å²) in [6.07, 6.45) is 0.791. The molecule has 0 spiro atoms. The second-order valence-electron chi connectivity index (χ2n) is 12.0. The molecular formula is C33H32ClN3O4S. The molecular weight excluding hydrogens is 570 g/mol. The van der Waals surface area contributed by atoms with Gasteiger partial charge in [-0.2, -0.15) is 0 Å². The Kier molecular flexibility index (Phi) is 7.31. The molecule has 1 N–H and O–H groups in total. The zero-order valence-corrected chi connectivity index (χ0v) is 25.3. The van der Waals surface area contributed by atoms with Crippen LogP contribution in [-0.2, 0) is 14.4 Å². The van der Waals surface area contributed by atoms with Crippen LogP contribution < -0.4 is 10.1 Å². The SMILES string of the molecule is CC(C)(C)C(=O)C1(Oc2ccccc2-c2nc3cccc(Cl)c3s2)CCN(C(=O)C2CC(=O)Nc3ccccc32)CC1. The lowest BCUT2D eigenvalue weighted by Gasteiger charge is -2.44. The number of carbonyl (C=O) groups is 3. The molecule has 2 aliphatic heterocycles. The number of nitrogens with zero attached hydrogens (tertiary/aromatic N) is 2. The predicted octanol–water partition coefficient (Wildman–Crippen LogP) is 7.10. The molecule has 4 aromatic rings. The summed E-state index contributed by atoms with van der Waals surface area (Å²) < 4.78 is 7.67. The molecule has 3 aromatic carbocycles. The van der Waals surface area contributed by atoms with Crippen molar-refractivity contribution in [2.45, 2.75) is 51.6 Å². The van der Waals surface area contributed by atoms with Crippen molar-refractivity contribution < 1.29 is 19.1 Å². The van der Waals surface area contributed by atoms with Crippen LogP contribution in [0.2, 0.25) is 5.02 Å². The average Bonchev–Trinajstić information content (AvgIpc) is 3.42. The fourth-order valence-corrected chi connectivity index (χ4v) is 7.26. The Morgan fingerprint density at radius 3 is 2.48 bits per heavy atom. The van der Waals surface area contributed by atoms with Crippen LogP contribution >= 0.6 is 22.9 Å². The lowest BCUT2D eigenvalue weighted by Crippen LogP contribution is -2.58. The van der Waals surface area contributed by atoms with Crippen molar-refractivity contribution in [2.24, 2.45) is 5.41 Å². The number of ketones is 1. The molecule has 0 radical (unpaired) electrons. The van der Waals surface area contributed by atoms with Gasteiger partial charge in [-0.3, -0.25) is 14.4 Å². The van der Waals surface area contributed by atoms with E-state index in [0.29, 0.717) is 42.4 Å². The molecule has 0 saturated carbocycles. The highest BCUT2D eigenvalue weighted by atomic mass is 35.5. The maximum atomic E-state index is 14.1. The molecule has 1 aromatic heterocycles. The fraction of sp³-hybridized carbons (Fsp3) is 0.333. The molecule has 42 heavy (non-hydrogen) atoms. The summed E-state index contributed by atoms with van der Waals surface area (Å²) in [6.45, 7) is 6.39. The number of thiazole rings is 1. The molecule has 216 valence electrons. The molecule has 2 aliphatic rings. The highest BCUT2D eigenvalue weighted by Gasteiger charge is 2.49. The van der Waals surface area contributed by atoms with Gasteiger partial charge in [-0.25, -0.2) is 4.98 Å². The Morgan fingerprint density at radius 1 is 1.02 bits per heavy atom. The molecule has 1 saturated heterocycles. The number of para-hydroxylation sites is 2. The maximum Gasteiger partial charge on any atom is 0.230 e. The summed E-state index contributed by atoms with van der Waals surface area (Å²) in [5.74, 6) is -0.249. The number of piperidine rings is 1. The number of ether oxygens (including phenoxy) is 1. The third-order valence-electron chi connectivity index (χ3n) is 8.07. The van der Waals surface area contributed by atoms with Crippen molar-refractivity contribution in [3.8, 4) is 16.3 Å².